The Morgan fingerprint density at radius 2 is 1.70 bits per heavy atom. The predicted octanol–water partition coefficient (Wildman–Crippen LogP) is 3.61. The van der Waals surface area contributed by atoms with Gasteiger partial charge in [0.25, 0.3) is 5.91 Å². The van der Waals surface area contributed by atoms with Crippen molar-refractivity contribution in [1.82, 2.24) is 25.5 Å². The zero-order chi connectivity index (χ0) is 23.2. The number of benzene rings is 3. The number of nitrogens with one attached hydrogen (secondary N) is 2. The van der Waals surface area contributed by atoms with Crippen molar-refractivity contribution < 1.29 is 14.0 Å². The average molecular weight is 444 g/mol. The summed E-state index contributed by atoms with van der Waals surface area (Å²) < 4.78 is 15.9. The van der Waals surface area contributed by atoms with Crippen LogP contribution in [0.1, 0.15) is 34.2 Å². The topological polar surface area (TPSA) is 102 Å². The first-order valence-corrected chi connectivity index (χ1v) is 10.3. The summed E-state index contributed by atoms with van der Waals surface area (Å²) in [4.78, 5) is 25.6. The highest BCUT2D eigenvalue weighted by atomic mass is 19.1. The van der Waals surface area contributed by atoms with E-state index in [0.717, 1.165) is 5.56 Å². The lowest BCUT2D eigenvalue weighted by molar-refractivity contribution is -0.116. The number of carbonyl (C=O) groups is 2. The second kappa shape index (κ2) is 9.82. The van der Waals surface area contributed by atoms with Crippen molar-refractivity contribution in [3.63, 3.8) is 0 Å². The van der Waals surface area contributed by atoms with E-state index >= 15 is 0 Å². The van der Waals surface area contributed by atoms with Gasteiger partial charge in [0.15, 0.2) is 5.82 Å². The highest BCUT2D eigenvalue weighted by Gasteiger charge is 2.20. The summed E-state index contributed by atoms with van der Waals surface area (Å²) >= 11 is 0. The Balaban J connectivity index is 1.53. The summed E-state index contributed by atoms with van der Waals surface area (Å²) in [6.45, 7) is 1.71. The van der Waals surface area contributed by atoms with Crippen molar-refractivity contribution in [2.75, 3.05) is 5.32 Å². The fourth-order valence-corrected chi connectivity index (χ4v) is 3.37. The lowest BCUT2D eigenvalue weighted by Crippen LogP contribution is -2.31. The van der Waals surface area contributed by atoms with Crippen molar-refractivity contribution in [1.29, 1.82) is 0 Å². The van der Waals surface area contributed by atoms with E-state index in [1.165, 1.54) is 22.9 Å². The molecule has 9 heteroatoms. The number of hydrogen-bond acceptors (Lipinski definition) is 5. The van der Waals surface area contributed by atoms with Gasteiger partial charge in [-0.2, -0.15) is 4.68 Å². The van der Waals surface area contributed by atoms with E-state index in [1.807, 2.05) is 36.4 Å². The molecule has 3 aromatic carbocycles. The summed E-state index contributed by atoms with van der Waals surface area (Å²) in [6.07, 6.45) is -0.0871. The minimum atomic E-state index is -0.605. The van der Waals surface area contributed by atoms with E-state index in [9.17, 15) is 14.0 Å². The van der Waals surface area contributed by atoms with Gasteiger partial charge in [-0.25, -0.2) is 4.39 Å². The monoisotopic (exact) mass is 444 g/mol. The number of hydrogen-bond donors (Lipinski definition) is 2. The van der Waals surface area contributed by atoms with E-state index in [1.54, 1.807) is 31.2 Å². The van der Waals surface area contributed by atoms with Gasteiger partial charge in [-0.05, 0) is 53.2 Å². The molecule has 1 unspecified atom stereocenters. The summed E-state index contributed by atoms with van der Waals surface area (Å²) in [5.41, 5.74) is 1.74. The molecule has 1 atom stereocenters. The quantitative estimate of drug-likeness (QED) is 0.453. The predicted molar refractivity (Wildman–Crippen MR) is 120 cm³/mol. The Kier molecular flexibility index (Phi) is 6.49. The Hall–Kier alpha value is -4.40. The van der Waals surface area contributed by atoms with Crippen LogP contribution in [0.5, 0.6) is 0 Å². The smallest absolute Gasteiger partial charge is 0.251 e. The van der Waals surface area contributed by atoms with Crippen LogP contribution in [0.15, 0.2) is 78.9 Å². The number of aryl methyl sites for hydroxylation is 1. The largest absolute Gasteiger partial charge is 0.345 e. The number of aromatic nitrogens is 4. The van der Waals surface area contributed by atoms with Gasteiger partial charge < -0.3 is 10.6 Å². The van der Waals surface area contributed by atoms with Gasteiger partial charge in [0.2, 0.25) is 5.91 Å². The molecule has 0 bridgehead atoms. The molecule has 0 radical (unpaired) electrons. The fourth-order valence-electron chi connectivity index (χ4n) is 3.37. The van der Waals surface area contributed by atoms with Gasteiger partial charge in [-0.1, -0.05) is 48.5 Å². The molecule has 4 aromatic rings. The highest BCUT2D eigenvalue weighted by Crippen LogP contribution is 2.22. The molecule has 4 rings (SSSR count). The molecule has 0 aliphatic rings. The van der Waals surface area contributed by atoms with Crippen molar-refractivity contribution >= 4 is 17.5 Å². The molecule has 0 aliphatic carbocycles. The molecule has 166 valence electrons. The zero-order valence-electron chi connectivity index (χ0n) is 17.8. The third kappa shape index (κ3) is 5.27. The number of rotatable bonds is 7. The minimum Gasteiger partial charge on any atom is -0.345 e. The molecule has 0 aliphatic heterocycles. The molecular weight excluding hydrogens is 423 g/mol. The van der Waals surface area contributed by atoms with Crippen molar-refractivity contribution in [3.05, 3.63) is 102 Å². The molecule has 1 aromatic heterocycles. The van der Waals surface area contributed by atoms with E-state index in [0.29, 0.717) is 17.1 Å². The van der Waals surface area contributed by atoms with Gasteiger partial charge in [-0.15, -0.1) is 5.10 Å². The third-order valence-corrected chi connectivity index (χ3v) is 5.03. The molecule has 8 nitrogen and oxygen atoms in total. The molecular formula is C24H21FN6O2. The van der Waals surface area contributed by atoms with Crippen LogP contribution in [0.2, 0.25) is 0 Å². The molecule has 0 saturated carbocycles. The van der Waals surface area contributed by atoms with E-state index < -0.39 is 17.8 Å². The van der Waals surface area contributed by atoms with E-state index in [-0.39, 0.29) is 18.0 Å². The maximum absolute atomic E-state index is 14.4. The van der Waals surface area contributed by atoms with E-state index in [2.05, 4.69) is 26.2 Å². The second-order valence-corrected chi connectivity index (χ2v) is 7.36. The molecule has 0 fully saturated rings. The maximum Gasteiger partial charge on any atom is 0.251 e. The van der Waals surface area contributed by atoms with Crippen LogP contribution in [-0.2, 0) is 4.79 Å². The van der Waals surface area contributed by atoms with Crippen LogP contribution < -0.4 is 10.6 Å². The van der Waals surface area contributed by atoms with Crippen LogP contribution in [0.25, 0.3) is 5.69 Å². The number of amides is 2. The van der Waals surface area contributed by atoms with Crippen molar-refractivity contribution in [2.45, 2.75) is 19.4 Å². The maximum atomic E-state index is 14.4. The summed E-state index contributed by atoms with van der Waals surface area (Å²) in [6, 6.07) is 21.5. The van der Waals surface area contributed by atoms with E-state index in [4.69, 9.17) is 0 Å². The normalized spacial score (nSPS) is 11.6. The molecule has 33 heavy (non-hydrogen) atoms. The van der Waals surface area contributed by atoms with Gasteiger partial charge >= 0.3 is 0 Å². The molecule has 2 N–H and O–H groups in total. The Morgan fingerprint density at radius 3 is 2.36 bits per heavy atom. The SMILES string of the molecule is Cc1nnnn1-c1ccc(F)c(NC(=O)CC(NC(=O)c2ccccc2)c2ccccc2)c1. The summed E-state index contributed by atoms with van der Waals surface area (Å²) in [5, 5.41) is 16.7. The van der Waals surface area contributed by atoms with Crippen LogP contribution in [-0.4, -0.2) is 32.0 Å². The summed E-state index contributed by atoms with van der Waals surface area (Å²) in [5.74, 6) is -0.838. The number of carbonyl (C=O) groups excluding carboxylic acids is 2. The fraction of sp³-hybridized carbons (Fsp3) is 0.125. The van der Waals surface area contributed by atoms with Gasteiger partial charge in [0.05, 0.1) is 23.8 Å². The lowest BCUT2D eigenvalue weighted by atomic mass is 10.0. The lowest BCUT2D eigenvalue weighted by Gasteiger charge is -2.19. The zero-order valence-corrected chi connectivity index (χ0v) is 17.8. The Labute approximate surface area is 189 Å². The first-order valence-electron chi connectivity index (χ1n) is 10.3. The van der Waals surface area contributed by atoms with Gasteiger partial charge in [0, 0.05) is 5.56 Å². The third-order valence-electron chi connectivity index (χ3n) is 5.03. The van der Waals surface area contributed by atoms with Crippen LogP contribution in [0, 0.1) is 12.7 Å². The Morgan fingerprint density at radius 1 is 1.00 bits per heavy atom. The first kappa shape index (κ1) is 21.8. The number of nitrogens with zero attached hydrogens (tertiary/aromatic N) is 4. The van der Waals surface area contributed by atoms with Crippen molar-refractivity contribution in [2.24, 2.45) is 0 Å². The van der Waals surface area contributed by atoms with Crippen LogP contribution >= 0.6 is 0 Å². The van der Waals surface area contributed by atoms with Crippen LogP contribution in [0.4, 0.5) is 10.1 Å². The van der Waals surface area contributed by atoms with Crippen molar-refractivity contribution in [3.8, 4) is 5.69 Å². The minimum absolute atomic E-state index is 0.00593. The summed E-state index contributed by atoms with van der Waals surface area (Å²) in [7, 11) is 0. The number of anilines is 1. The molecule has 0 spiro atoms. The number of tetrazole rings is 1. The molecule has 0 saturated heterocycles. The second-order valence-electron chi connectivity index (χ2n) is 7.36. The van der Waals surface area contributed by atoms with Gasteiger partial charge in [-0.3, -0.25) is 9.59 Å². The Bertz CT molecular complexity index is 1260. The molecule has 2 amide bonds. The highest BCUT2D eigenvalue weighted by molar-refractivity contribution is 5.96. The van der Waals surface area contributed by atoms with Crippen LogP contribution in [0.3, 0.4) is 0 Å². The molecule has 1 heterocycles. The standard InChI is InChI=1S/C24H21FN6O2/c1-16-28-29-30-31(16)19-12-13-20(25)22(14-19)26-23(32)15-21(17-8-4-2-5-9-17)27-24(33)18-10-6-3-7-11-18/h2-14,21H,15H2,1H3,(H,26,32)(H,27,33). The first-order chi connectivity index (χ1) is 16.0. The number of halogens is 1. The average Bonchev–Trinajstić information content (AvgIpc) is 3.27. The van der Waals surface area contributed by atoms with Gasteiger partial charge in [0.1, 0.15) is 5.82 Å².